The molecule has 1 aromatic heterocycles. The van der Waals surface area contributed by atoms with Gasteiger partial charge in [-0.15, -0.1) is 0 Å². The number of rotatable bonds is 2. The van der Waals surface area contributed by atoms with Gasteiger partial charge in [0.15, 0.2) is 0 Å². The molecule has 20 heavy (non-hydrogen) atoms. The molecule has 0 amide bonds. The lowest BCUT2D eigenvalue weighted by Gasteiger charge is -2.28. The molecule has 1 saturated carbocycles. The van der Waals surface area contributed by atoms with Crippen LogP contribution in [0.3, 0.4) is 0 Å². The predicted octanol–water partition coefficient (Wildman–Crippen LogP) is 4.80. The molecule has 1 nitrogen and oxygen atoms in total. The van der Waals surface area contributed by atoms with E-state index in [1.165, 1.54) is 30.0 Å². The molecular weight excluding hydrogens is 256 g/mol. The molecular formula is C17H17F2N. The number of pyridine rings is 1. The summed E-state index contributed by atoms with van der Waals surface area (Å²) in [7, 11) is 0. The Labute approximate surface area is 117 Å². The third-order valence-electron chi connectivity index (χ3n) is 4.24. The zero-order valence-electron chi connectivity index (χ0n) is 11.2. The van der Waals surface area contributed by atoms with Gasteiger partial charge in [-0.2, -0.15) is 0 Å². The number of benzene rings is 1. The van der Waals surface area contributed by atoms with Gasteiger partial charge in [0.1, 0.15) is 11.6 Å². The zero-order valence-corrected chi connectivity index (χ0v) is 11.2. The average molecular weight is 273 g/mol. The topological polar surface area (TPSA) is 12.9 Å². The van der Waals surface area contributed by atoms with Crippen LogP contribution in [-0.2, 0) is 0 Å². The highest BCUT2D eigenvalue weighted by atomic mass is 19.1. The van der Waals surface area contributed by atoms with Crippen LogP contribution in [0.15, 0.2) is 42.6 Å². The first kappa shape index (κ1) is 13.2. The van der Waals surface area contributed by atoms with Crippen molar-refractivity contribution in [2.45, 2.75) is 37.5 Å². The summed E-state index contributed by atoms with van der Waals surface area (Å²) in [6.45, 7) is 0. The molecule has 0 bridgehead atoms. The van der Waals surface area contributed by atoms with Crippen molar-refractivity contribution in [1.29, 1.82) is 0 Å². The van der Waals surface area contributed by atoms with E-state index < -0.39 is 0 Å². The first-order valence-electron chi connectivity index (χ1n) is 7.09. The standard InChI is InChI=1S/C17H17F2N/c18-15-7-5-13(6-8-15)12-1-3-14(4-2-12)17-10-9-16(19)11-20-17/h5-12,14H,1-4H2. The van der Waals surface area contributed by atoms with E-state index in [2.05, 4.69) is 4.98 Å². The number of halogens is 2. The molecule has 2 aromatic rings. The van der Waals surface area contributed by atoms with Gasteiger partial charge in [-0.05, 0) is 61.4 Å². The summed E-state index contributed by atoms with van der Waals surface area (Å²) in [5.74, 6) is 0.464. The Morgan fingerprint density at radius 1 is 0.750 bits per heavy atom. The van der Waals surface area contributed by atoms with Gasteiger partial charge in [0.05, 0.1) is 6.20 Å². The minimum absolute atomic E-state index is 0.182. The molecule has 0 N–H and O–H groups in total. The fourth-order valence-electron chi connectivity index (χ4n) is 3.09. The van der Waals surface area contributed by atoms with Crippen molar-refractivity contribution in [1.82, 2.24) is 4.98 Å². The van der Waals surface area contributed by atoms with Crippen molar-refractivity contribution in [2.75, 3.05) is 0 Å². The van der Waals surface area contributed by atoms with Gasteiger partial charge in [-0.3, -0.25) is 4.98 Å². The summed E-state index contributed by atoms with van der Waals surface area (Å²) in [4.78, 5) is 4.19. The maximum absolute atomic E-state index is 12.9. The van der Waals surface area contributed by atoms with Crippen molar-refractivity contribution >= 4 is 0 Å². The molecule has 0 saturated heterocycles. The molecule has 0 radical (unpaired) electrons. The molecule has 1 aromatic carbocycles. The molecule has 3 rings (SSSR count). The second kappa shape index (κ2) is 5.70. The summed E-state index contributed by atoms with van der Waals surface area (Å²) in [6.07, 6.45) is 5.56. The molecule has 3 heteroatoms. The fourth-order valence-corrected chi connectivity index (χ4v) is 3.09. The molecule has 0 spiro atoms. The molecule has 104 valence electrons. The maximum Gasteiger partial charge on any atom is 0.141 e. The summed E-state index contributed by atoms with van der Waals surface area (Å²) >= 11 is 0. The molecule has 1 aliphatic rings. The van der Waals surface area contributed by atoms with Crippen molar-refractivity contribution < 1.29 is 8.78 Å². The lowest BCUT2D eigenvalue weighted by atomic mass is 9.77. The first-order valence-corrected chi connectivity index (χ1v) is 7.09. The summed E-state index contributed by atoms with van der Waals surface area (Å²) in [5.41, 5.74) is 2.21. The van der Waals surface area contributed by atoms with Crippen LogP contribution in [0.4, 0.5) is 8.78 Å². The molecule has 1 fully saturated rings. The fraction of sp³-hybridized carbons (Fsp3) is 0.353. The smallest absolute Gasteiger partial charge is 0.141 e. The Kier molecular flexibility index (Phi) is 3.77. The zero-order chi connectivity index (χ0) is 13.9. The Bertz CT molecular complexity index is 501. The minimum atomic E-state index is -0.284. The Morgan fingerprint density at radius 3 is 1.95 bits per heavy atom. The Morgan fingerprint density at radius 2 is 1.35 bits per heavy atom. The van der Waals surface area contributed by atoms with Crippen molar-refractivity contribution in [3.63, 3.8) is 0 Å². The van der Waals surface area contributed by atoms with E-state index in [1.54, 1.807) is 6.07 Å². The van der Waals surface area contributed by atoms with Crippen LogP contribution in [-0.4, -0.2) is 4.98 Å². The van der Waals surface area contributed by atoms with E-state index in [4.69, 9.17) is 0 Å². The highest BCUT2D eigenvalue weighted by Crippen LogP contribution is 2.39. The van der Waals surface area contributed by atoms with E-state index in [1.807, 2.05) is 12.1 Å². The largest absolute Gasteiger partial charge is 0.258 e. The maximum atomic E-state index is 12.9. The number of aromatic nitrogens is 1. The van der Waals surface area contributed by atoms with Crippen molar-refractivity contribution in [3.8, 4) is 0 Å². The van der Waals surface area contributed by atoms with Gasteiger partial charge >= 0.3 is 0 Å². The normalized spacial score (nSPS) is 22.7. The van der Waals surface area contributed by atoms with Crippen LogP contribution in [0.1, 0.15) is 48.8 Å². The lowest BCUT2D eigenvalue weighted by molar-refractivity contribution is 0.390. The predicted molar refractivity (Wildman–Crippen MR) is 74.5 cm³/mol. The summed E-state index contributed by atoms with van der Waals surface area (Å²) in [5, 5.41) is 0. The van der Waals surface area contributed by atoms with Gasteiger partial charge in [0.25, 0.3) is 0 Å². The van der Waals surface area contributed by atoms with Crippen molar-refractivity contribution in [3.05, 3.63) is 65.5 Å². The van der Waals surface area contributed by atoms with Gasteiger partial charge < -0.3 is 0 Å². The second-order valence-corrected chi connectivity index (χ2v) is 5.50. The van der Waals surface area contributed by atoms with Gasteiger partial charge in [-0.25, -0.2) is 8.78 Å². The van der Waals surface area contributed by atoms with Crippen LogP contribution >= 0.6 is 0 Å². The molecule has 0 unspecified atom stereocenters. The number of hydrogen-bond acceptors (Lipinski definition) is 1. The molecule has 0 aliphatic heterocycles. The van der Waals surface area contributed by atoms with E-state index in [0.29, 0.717) is 11.8 Å². The monoisotopic (exact) mass is 273 g/mol. The molecule has 0 atom stereocenters. The van der Waals surface area contributed by atoms with Crippen molar-refractivity contribution in [2.24, 2.45) is 0 Å². The quantitative estimate of drug-likeness (QED) is 0.765. The highest BCUT2D eigenvalue weighted by Gasteiger charge is 2.24. The van der Waals surface area contributed by atoms with Gasteiger partial charge in [0, 0.05) is 11.6 Å². The van der Waals surface area contributed by atoms with Crippen LogP contribution in [0, 0.1) is 11.6 Å². The van der Waals surface area contributed by atoms with Gasteiger partial charge in [-0.1, -0.05) is 12.1 Å². The summed E-state index contributed by atoms with van der Waals surface area (Å²) < 4.78 is 25.8. The third kappa shape index (κ3) is 2.87. The third-order valence-corrected chi connectivity index (χ3v) is 4.24. The first-order chi connectivity index (χ1) is 9.72. The Hall–Kier alpha value is -1.77. The molecule has 1 aliphatic carbocycles. The number of nitrogens with zero attached hydrogens (tertiary/aromatic N) is 1. The van der Waals surface area contributed by atoms with Crippen LogP contribution in [0.25, 0.3) is 0 Å². The van der Waals surface area contributed by atoms with Crippen LogP contribution < -0.4 is 0 Å². The van der Waals surface area contributed by atoms with Crippen LogP contribution in [0.5, 0.6) is 0 Å². The van der Waals surface area contributed by atoms with E-state index >= 15 is 0 Å². The summed E-state index contributed by atoms with van der Waals surface area (Å²) in [6, 6.07) is 10.1. The SMILES string of the molecule is Fc1ccc(C2CCC(c3ccc(F)cn3)CC2)cc1. The highest BCUT2D eigenvalue weighted by molar-refractivity contribution is 5.22. The lowest BCUT2D eigenvalue weighted by Crippen LogP contribution is -2.13. The molecule has 1 heterocycles. The number of hydrogen-bond donors (Lipinski definition) is 0. The van der Waals surface area contributed by atoms with E-state index in [0.717, 1.165) is 31.4 Å². The average Bonchev–Trinajstić information content (AvgIpc) is 2.49. The second-order valence-electron chi connectivity index (χ2n) is 5.50. The minimum Gasteiger partial charge on any atom is -0.258 e. The van der Waals surface area contributed by atoms with Crippen LogP contribution in [0.2, 0.25) is 0 Å². The Balaban J connectivity index is 1.64. The van der Waals surface area contributed by atoms with E-state index in [9.17, 15) is 8.78 Å². The van der Waals surface area contributed by atoms with E-state index in [-0.39, 0.29) is 11.6 Å². The van der Waals surface area contributed by atoms with Gasteiger partial charge in [0.2, 0.25) is 0 Å².